The highest BCUT2D eigenvalue weighted by atomic mass is 32.2. The van der Waals surface area contributed by atoms with Gasteiger partial charge in [-0.1, -0.05) is 48.5 Å². The monoisotopic (exact) mass is 481 g/mol. The van der Waals surface area contributed by atoms with Crippen molar-refractivity contribution >= 4 is 40.3 Å². The highest BCUT2D eigenvalue weighted by molar-refractivity contribution is 8.18. The number of amidine groups is 1. The second-order valence-corrected chi connectivity index (χ2v) is 8.73. The van der Waals surface area contributed by atoms with E-state index in [-0.39, 0.29) is 11.6 Å². The molecule has 0 bridgehead atoms. The number of aliphatic imine (C=N–C) groups is 1. The van der Waals surface area contributed by atoms with Crippen LogP contribution in [0.1, 0.15) is 11.3 Å². The maximum Gasteiger partial charge on any atom is 0.269 e. The lowest BCUT2D eigenvalue weighted by molar-refractivity contribution is -0.384. The number of furan rings is 1. The van der Waals surface area contributed by atoms with Gasteiger partial charge in [-0.3, -0.25) is 19.8 Å². The Morgan fingerprint density at radius 1 is 0.914 bits per heavy atom. The van der Waals surface area contributed by atoms with Gasteiger partial charge in [0.2, 0.25) is 0 Å². The SMILES string of the molecule is O=C1/C(=C\c2ccc(-c3ccc([N+](=O)[O-])cc3)o2)SC(=Nc2ccccc2)N1Cc1ccccc1. The maximum atomic E-state index is 13.3. The van der Waals surface area contributed by atoms with Crippen LogP contribution in [0.25, 0.3) is 17.4 Å². The van der Waals surface area contributed by atoms with Crippen molar-refractivity contribution in [2.45, 2.75) is 6.54 Å². The Kier molecular flexibility index (Phi) is 6.28. The van der Waals surface area contributed by atoms with Gasteiger partial charge in [-0.25, -0.2) is 4.99 Å². The number of para-hydroxylation sites is 1. The molecule has 0 radical (unpaired) electrons. The van der Waals surface area contributed by atoms with E-state index in [4.69, 9.17) is 9.41 Å². The third-order valence-corrected chi connectivity index (χ3v) is 6.32. The van der Waals surface area contributed by atoms with Gasteiger partial charge in [0.25, 0.3) is 11.6 Å². The lowest BCUT2D eigenvalue weighted by atomic mass is 10.1. The standard InChI is InChI=1S/C27H19N3O4S/c31-26-25(17-23-15-16-24(34-23)20-11-13-22(14-12-20)30(32)33)35-27(28-21-9-5-2-6-10-21)29(26)18-19-7-3-1-4-8-19/h1-17H,18H2/b25-17+,28-27?. The molecule has 0 saturated carbocycles. The molecule has 0 N–H and O–H groups in total. The third-order valence-electron chi connectivity index (χ3n) is 5.32. The van der Waals surface area contributed by atoms with Gasteiger partial charge in [0.1, 0.15) is 11.5 Å². The second-order valence-electron chi connectivity index (χ2n) is 7.72. The number of nitro benzene ring substituents is 1. The number of carbonyl (C=O) groups excluding carboxylic acids is 1. The summed E-state index contributed by atoms with van der Waals surface area (Å²) in [5, 5.41) is 11.5. The van der Waals surface area contributed by atoms with E-state index in [1.807, 2.05) is 60.7 Å². The molecule has 2 heterocycles. The number of non-ortho nitro benzene ring substituents is 1. The maximum absolute atomic E-state index is 13.3. The minimum Gasteiger partial charge on any atom is -0.457 e. The summed E-state index contributed by atoms with van der Waals surface area (Å²) in [7, 11) is 0. The molecule has 0 unspecified atom stereocenters. The van der Waals surface area contributed by atoms with E-state index in [0.717, 1.165) is 11.3 Å². The van der Waals surface area contributed by atoms with Gasteiger partial charge in [0.15, 0.2) is 5.17 Å². The van der Waals surface area contributed by atoms with Crippen molar-refractivity contribution in [3.05, 3.63) is 123 Å². The van der Waals surface area contributed by atoms with Crippen LogP contribution in [0.2, 0.25) is 0 Å². The lowest BCUT2D eigenvalue weighted by Gasteiger charge is -2.15. The zero-order chi connectivity index (χ0) is 24.2. The molecule has 4 aromatic rings. The second kappa shape index (κ2) is 9.82. The van der Waals surface area contributed by atoms with Gasteiger partial charge in [0.05, 0.1) is 22.1 Å². The summed E-state index contributed by atoms with van der Waals surface area (Å²) in [5.41, 5.74) is 2.49. The fourth-order valence-electron chi connectivity index (χ4n) is 3.57. The summed E-state index contributed by atoms with van der Waals surface area (Å²) < 4.78 is 5.92. The van der Waals surface area contributed by atoms with E-state index in [1.165, 1.54) is 23.9 Å². The number of nitro groups is 1. The number of carbonyl (C=O) groups is 1. The van der Waals surface area contributed by atoms with Crippen LogP contribution in [-0.2, 0) is 11.3 Å². The summed E-state index contributed by atoms with van der Waals surface area (Å²) in [5.74, 6) is 0.915. The molecule has 7 nitrogen and oxygen atoms in total. The highest BCUT2D eigenvalue weighted by Crippen LogP contribution is 2.36. The average molecular weight is 482 g/mol. The molecular formula is C27H19N3O4S. The molecule has 1 aliphatic rings. The molecule has 1 aliphatic heterocycles. The fourth-order valence-corrected chi connectivity index (χ4v) is 4.55. The summed E-state index contributed by atoms with van der Waals surface area (Å²) in [6.45, 7) is 0.405. The Balaban J connectivity index is 1.43. The van der Waals surface area contributed by atoms with Gasteiger partial charge in [-0.15, -0.1) is 0 Å². The number of nitrogens with zero attached hydrogens (tertiary/aromatic N) is 3. The van der Waals surface area contributed by atoms with Crippen LogP contribution >= 0.6 is 11.8 Å². The highest BCUT2D eigenvalue weighted by Gasteiger charge is 2.33. The van der Waals surface area contributed by atoms with Gasteiger partial charge in [0, 0.05) is 23.8 Å². The minimum absolute atomic E-state index is 0.0133. The van der Waals surface area contributed by atoms with Gasteiger partial charge >= 0.3 is 0 Å². The minimum atomic E-state index is -0.444. The quantitative estimate of drug-likeness (QED) is 0.175. The molecule has 35 heavy (non-hydrogen) atoms. The van der Waals surface area contributed by atoms with Crippen molar-refractivity contribution < 1.29 is 14.1 Å². The predicted octanol–water partition coefficient (Wildman–Crippen LogP) is 6.66. The topological polar surface area (TPSA) is 88.9 Å². The normalized spacial score (nSPS) is 15.8. The Bertz CT molecular complexity index is 1430. The van der Waals surface area contributed by atoms with Crippen LogP contribution < -0.4 is 0 Å². The van der Waals surface area contributed by atoms with E-state index in [1.54, 1.807) is 35.2 Å². The van der Waals surface area contributed by atoms with E-state index >= 15 is 0 Å². The smallest absolute Gasteiger partial charge is 0.269 e. The van der Waals surface area contributed by atoms with Gasteiger partial charge < -0.3 is 4.42 Å². The molecular weight excluding hydrogens is 462 g/mol. The zero-order valence-corrected chi connectivity index (χ0v) is 19.2. The van der Waals surface area contributed by atoms with Crippen LogP contribution in [0.3, 0.4) is 0 Å². The largest absolute Gasteiger partial charge is 0.457 e. The fraction of sp³-hybridized carbons (Fsp3) is 0.0370. The first-order chi connectivity index (χ1) is 17.1. The molecule has 1 fully saturated rings. The van der Waals surface area contributed by atoms with E-state index in [0.29, 0.717) is 33.7 Å². The van der Waals surface area contributed by atoms with Crippen molar-refractivity contribution in [3.63, 3.8) is 0 Å². The summed E-state index contributed by atoms with van der Waals surface area (Å²) in [6, 6.07) is 29.0. The molecule has 1 saturated heterocycles. The van der Waals surface area contributed by atoms with Crippen LogP contribution in [0.15, 0.2) is 111 Å². The first-order valence-corrected chi connectivity index (χ1v) is 11.6. The first kappa shape index (κ1) is 22.4. The van der Waals surface area contributed by atoms with Crippen LogP contribution in [-0.4, -0.2) is 20.9 Å². The third kappa shape index (κ3) is 5.07. The van der Waals surface area contributed by atoms with Crippen LogP contribution in [0, 0.1) is 10.1 Å². The molecule has 8 heteroatoms. The predicted molar refractivity (Wildman–Crippen MR) is 137 cm³/mol. The molecule has 1 amide bonds. The molecule has 5 rings (SSSR count). The number of amides is 1. The molecule has 3 aromatic carbocycles. The number of thioether (sulfide) groups is 1. The van der Waals surface area contributed by atoms with Gasteiger partial charge in [-0.2, -0.15) is 0 Å². The van der Waals surface area contributed by atoms with E-state index in [2.05, 4.69) is 0 Å². The Morgan fingerprint density at radius 2 is 1.60 bits per heavy atom. The molecule has 0 spiro atoms. The first-order valence-electron chi connectivity index (χ1n) is 10.8. The van der Waals surface area contributed by atoms with E-state index < -0.39 is 4.92 Å². The van der Waals surface area contributed by atoms with Crippen LogP contribution in [0.4, 0.5) is 11.4 Å². The van der Waals surface area contributed by atoms with Crippen molar-refractivity contribution in [2.24, 2.45) is 4.99 Å². The lowest BCUT2D eigenvalue weighted by Crippen LogP contribution is -2.28. The number of rotatable bonds is 6. The molecule has 172 valence electrons. The summed E-state index contributed by atoms with van der Waals surface area (Å²) >= 11 is 1.30. The Hall–Kier alpha value is -4.43. The zero-order valence-electron chi connectivity index (χ0n) is 18.4. The molecule has 1 aromatic heterocycles. The summed E-state index contributed by atoms with van der Waals surface area (Å²) in [6.07, 6.45) is 1.70. The van der Waals surface area contributed by atoms with Gasteiger partial charge in [-0.05, 0) is 53.7 Å². The molecule has 0 aliphatic carbocycles. The van der Waals surface area contributed by atoms with Crippen molar-refractivity contribution in [3.8, 4) is 11.3 Å². The summed E-state index contributed by atoms with van der Waals surface area (Å²) in [4.78, 5) is 30.7. The number of hydrogen-bond donors (Lipinski definition) is 0. The Labute approximate surface area is 205 Å². The number of benzene rings is 3. The van der Waals surface area contributed by atoms with Crippen LogP contribution in [0.5, 0.6) is 0 Å². The van der Waals surface area contributed by atoms with Crippen molar-refractivity contribution in [1.29, 1.82) is 0 Å². The van der Waals surface area contributed by atoms with E-state index in [9.17, 15) is 14.9 Å². The average Bonchev–Trinajstić information content (AvgIpc) is 3.46. The Morgan fingerprint density at radius 3 is 2.29 bits per heavy atom. The van der Waals surface area contributed by atoms with Crippen molar-refractivity contribution in [1.82, 2.24) is 4.90 Å². The van der Waals surface area contributed by atoms with Crippen molar-refractivity contribution in [2.75, 3.05) is 0 Å². The number of hydrogen-bond acceptors (Lipinski definition) is 6. The molecule has 0 atom stereocenters.